The molecule has 84 valence electrons. The van der Waals surface area contributed by atoms with Gasteiger partial charge in [-0.05, 0) is 0 Å². The smallest absolute Gasteiger partial charge is 0.104 e. The van der Waals surface area contributed by atoms with Crippen LogP contribution in [0.5, 0.6) is 0 Å². The lowest BCUT2D eigenvalue weighted by Gasteiger charge is -2.18. The van der Waals surface area contributed by atoms with Gasteiger partial charge in [-0.1, -0.05) is 22.6 Å². The molecule has 1 fully saturated rings. The van der Waals surface area contributed by atoms with Crippen molar-refractivity contribution in [3.05, 3.63) is 0 Å². The van der Waals surface area contributed by atoms with Gasteiger partial charge in [0.15, 0.2) is 0 Å². The minimum atomic E-state index is 0.0178. The van der Waals surface area contributed by atoms with Crippen LogP contribution in [-0.2, 0) is 18.9 Å². The molecule has 4 nitrogen and oxygen atoms in total. The standard InChI is InChI=1S/C9H17IO4/c1-11-3-7(12-2)4-14-9-6-13-5-8(9)10/h7-9H,3-6H2,1-2H3. The largest absolute Gasteiger partial charge is 0.382 e. The third-order valence-electron chi connectivity index (χ3n) is 2.14. The van der Waals surface area contributed by atoms with E-state index < -0.39 is 0 Å². The maximum absolute atomic E-state index is 5.68. The number of ether oxygens (including phenoxy) is 4. The van der Waals surface area contributed by atoms with E-state index in [9.17, 15) is 0 Å². The summed E-state index contributed by atoms with van der Waals surface area (Å²) in [6.07, 6.45) is 0.217. The highest BCUT2D eigenvalue weighted by Crippen LogP contribution is 2.18. The van der Waals surface area contributed by atoms with E-state index >= 15 is 0 Å². The zero-order valence-corrected chi connectivity index (χ0v) is 10.7. The SMILES string of the molecule is COCC(COC1COCC1I)OC. The van der Waals surface area contributed by atoms with Crippen molar-refractivity contribution in [3.63, 3.8) is 0 Å². The molecule has 1 heterocycles. The normalized spacial score (nSPS) is 29.4. The highest BCUT2D eigenvalue weighted by molar-refractivity contribution is 14.1. The van der Waals surface area contributed by atoms with E-state index in [1.807, 2.05) is 0 Å². The van der Waals surface area contributed by atoms with E-state index in [0.717, 1.165) is 6.61 Å². The van der Waals surface area contributed by atoms with E-state index in [1.165, 1.54) is 0 Å². The van der Waals surface area contributed by atoms with Crippen LogP contribution in [0.4, 0.5) is 0 Å². The van der Waals surface area contributed by atoms with E-state index in [-0.39, 0.29) is 12.2 Å². The Hall–Kier alpha value is 0.570. The lowest BCUT2D eigenvalue weighted by atomic mass is 10.3. The topological polar surface area (TPSA) is 36.9 Å². The maximum atomic E-state index is 5.68. The van der Waals surface area contributed by atoms with Crippen LogP contribution >= 0.6 is 22.6 Å². The van der Waals surface area contributed by atoms with Crippen LogP contribution in [0.1, 0.15) is 0 Å². The van der Waals surface area contributed by atoms with E-state index in [2.05, 4.69) is 22.6 Å². The van der Waals surface area contributed by atoms with Crippen LogP contribution in [0, 0.1) is 0 Å². The van der Waals surface area contributed by atoms with Crippen molar-refractivity contribution in [2.75, 3.05) is 40.6 Å². The number of methoxy groups -OCH3 is 2. The predicted molar refractivity (Wildman–Crippen MR) is 61.0 cm³/mol. The fourth-order valence-corrected chi connectivity index (χ4v) is 1.93. The zero-order valence-electron chi connectivity index (χ0n) is 8.57. The highest BCUT2D eigenvalue weighted by atomic mass is 127. The summed E-state index contributed by atoms with van der Waals surface area (Å²) in [6.45, 7) is 2.61. The van der Waals surface area contributed by atoms with Gasteiger partial charge in [-0.2, -0.15) is 0 Å². The van der Waals surface area contributed by atoms with Crippen LogP contribution < -0.4 is 0 Å². The second kappa shape index (κ2) is 6.95. The Morgan fingerprint density at radius 1 is 1.36 bits per heavy atom. The monoisotopic (exact) mass is 316 g/mol. The molecule has 14 heavy (non-hydrogen) atoms. The molecule has 0 aliphatic carbocycles. The number of halogens is 1. The third kappa shape index (κ3) is 3.98. The molecule has 1 saturated heterocycles. The molecule has 0 aromatic heterocycles. The highest BCUT2D eigenvalue weighted by Gasteiger charge is 2.27. The van der Waals surface area contributed by atoms with Gasteiger partial charge in [0, 0.05) is 14.2 Å². The van der Waals surface area contributed by atoms with Crippen molar-refractivity contribution < 1.29 is 18.9 Å². The summed E-state index contributed by atoms with van der Waals surface area (Å²) in [5.74, 6) is 0. The summed E-state index contributed by atoms with van der Waals surface area (Å²) in [6, 6.07) is 0. The van der Waals surface area contributed by atoms with Crippen LogP contribution in [0.15, 0.2) is 0 Å². The van der Waals surface area contributed by atoms with Crippen molar-refractivity contribution >= 4 is 22.6 Å². The fraction of sp³-hybridized carbons (Fsp3) is 1.00. The molecule has 0 radical (unpaired) electrons. The van der Waals surface area contributed by atoms with Gasteiger partial charge in [0.05, 0.1) is 36.5 Å². The second-order valence-corrected chi connectivity index (χ2v) is 4.84. The first kappa shape index (κ1) is 12.6. The summed E-state index contributed by atoms with van der Waals surface area (Å²) in [5, 5.41) is 0. The number of rotatable bonds is 6. The summed E-state index contributed by atoms with van der Waals surface area (Å²) in [4.78, 5) is 0. The van der Waals surface area contributed by atoms with Gasteiger partial charge >= 0.3 is 0 Å². The van der Waals surface area contributed by atoms with Gasteiger partial charge in [0.1, 0.15) is 6.10 Å². The molecule has 3 atom stereocenters. The van der Waals surface area contributed by atoms with Crippen LogP contribution in [0.3, 0.4) is 0 Å². The van der Waals surface area contributed by atoms with Crippen molar-refractivity contribution in [2.45, 2.75) is 16.1 Å². The molecule has 3 unspecified atom stereocenters. The van der Waals surface area contributed by atoms with Crippen molar-refractivity contribution in [2.24, 2.45) is 0 Å². The number of hydrogen-bond donors (Lipinski definition) is 0. The van der Waals surface area contributed by atoms with E-state index in [4.69, 9.17) is 18.9 Å². The lowest BCUT2D eigenvalue weighted by molar-refractivity contribution is -0.0534. The van der Waals surface area contributed by atoms with Gasteiger partial charge in [-0.25, -0.2) is 0 Å². The predicted octanol–water partition coefficient (Wildman–Crippen LogP) is 0.867. The minimum Gasteiger partial charge on any atom is -0.382 e. The third-order valence-corrected chi connectivity index (χ3v) is 3.31. The number of alkyl halides is 1. The molecule has 0 saturated carbocycles. The van der Waals surface area contributed by atoms with E-state index in [1.54, 1.807) is 14.2 Å². The first-order chi connectivity index (χ1) is 6.77. The van der Waals surface area contributed by atoms with Crippen molar-refractivity contribution in [3.8, 4) is 0 Å². The molecule has 5 heteroatoms. The molecule has 0 aromatic carbocycles. The average Bonchev–Trinajstić information content (AvgIpc) is 2.59. The van der Waals surface area contributed by atoms with Gasteiger partial charge in [0.2, 0.25) is 0 Å². The van der Waals surface area contributed by atoms with Crippen LogP contribution in [0.2, 0.25) is 0 Å². The van der Waals surface area contributed by atoms with Gasteiger partial charge in [0.25, 0.3) is 0 Å². The van der Waals surface area contributed by atoms with Crippen LogP contribution in [0.25, 0.3) is 0 Å². The molecule has 0 N–H and O–H groups in total. The minimum absolute atomic E-state index is 0.0178. The molecular weight excluding hydrogens is 299 g/mol. The molecule has 0 aromatic rings. The Morgan fingerprint density at radius 2 is 2.14 bits per heavy atom. The molecular formula is C9H17IO4. The molecule has 0 bridgehead atoms. The molecule has 1 rings (SSSR count). The average molecular weight is 316 g/mol. The fourth-order valence-electron chi connectivity index (χ4n) is 1.26. The molecule has 0 amide bonds. The Labute approximate surface area is 98.4 Å². The Bertz CT molecular complexity index is 156. The summed E-state index contributed by atoms with van der Waals surface area (Å²) < 4.78 is 21.6. The summed E-state index contributed by atoms with van der Waals surface area (Å²) in [5.41, 5.74) is 0. The Morgan fingerprint density at radius 3 is 2.64 bits per heavy atom. The van der Waals surface area contributed by atoms with Gasteiger partial charge in [-0.15, -0.1) is 0 Å². The quantitative estimate of drug-likeness (QED) is 0.538. The van der Waals surface area contributed by atoms with Gasteiger partial charge < -0.3 is 18.9 Å². The molecule has 1 aliphatic rings. The summed E-state index contributed by atoms with van der Waals surface area (Å²) >= 11 is 2.35. The number of hydrogen-bond acceptors (Lipinski definition) is 4. The van der Waals surface area contributed by atoms with Crippen LogP contribution in [-0.4, -0.2) is 56.8 Å². The van der Waals surface area contributed by atoms with Gasteiger partial charge in [-0.3, -0.25) is 0 Å². The molecule has 1 aliphatic heterocycles. The summed E-state index contributed by atoms with van der Waals surface area (Å²) in [7, 11) is 3.32. The second-order valence-electron chi connectivity index (χ2n) is 3.24. The van der Waals surface area contributed by atoms with Crippen molar-refractivity contribution in [1.82, 2.24) is 0 Å². The van der Waals surface area contributed by atoms with Crippen molar-refractivity contribution in [1.29, 1.82) is 0 Å². The first-order valence-electron chi connectivity index (χ1n) is 4.63. The Kier molecular flexibility index (Phi) is 6.27. The molecule has 0 spiro atoms. The zero-order chi connectivity index (χ0) is 10.4. The maximum Gasteiger partial charge on any atom is 0.104 e. The van der Waals surface area contributed by atoms with E-state index in [0.29, 0.717) is 23.7 Å². The lowest BCUT2D eigenvalue weighted by Crippen LogP contribution is -2.30. The first-order valence-corrected chi connectivity index (χ1v) is 5.87. The Balaban J connectivity index is 2.17.